The summed E-state index contributed by atoms with van der Waals surface area (Å²) in [6.45, 7) is 4.47. The Bertz CT molecular complexity index is 501. The number of alkyl halides is 1. The van der Waals surface area contributed by atoms with Gasteiger partial charge in [-0.1, -0.05) is 38.1 Å². The highest BCUT2D eigenvalue weighted by atomic mass is 79.9. The Balaban J connectivity index is 2.14. The SMILES string of the molecule is CC(C)Cc1ccc(C(Cl)c2csc(Br)c2)cc1. The molecule has 0 aliphatic heterocycles. The molecule has 0 aliphatic rings. The second kappa shape index (κ2) is 6.23. The zero-order valence-electron chi connectivity index (χ0n) is 10.5. The number of rotatable bonds is 4. The molecule has 1 aromatic heterocycles. The molecule has 0 nitrogen and oxygen atoms in total. The van der Waals surface area contributed by atoms with Crippen molar-refractivity contribution in [3.8, 4) is 0 Å². The zero-order chi connectivity index (χ0) is 13.1. The fourth-order valence-electron chi connectivity index (χ4n) is 1.94. The second-order valence-corrected chi connectivity index (χ2v) is 7.61. The van der Waals surface area contributed by atoms with Crippen molar-refractivity contribution >= 4 is 38.9 Å². The van der Waals surface area contributed by atoms with Crippen molar-refractivity contribution in [1.29, 1.82) is 0 Å². The molecule has 0 saturated carbocycles. The molecule has 0 bridgehead atoms. The van der Waals surface area contributed by atoms with Crippen LogP contribution in [0.25, 0.3) is 0 Å². The fraction of sp³-hybridized carbons (Fsp3) is 0.333. The van der Waals surface area contributed by atoms with Crippen molar-refractivity contribution in [2.75, 3.05) is 0 Å². The van der Waals surface area contributed by atoms with Crippen LogP contribution in [0.2, 0.25) is 0 Å². The molecule has 0 fully saturated rings. The summed E-state index contributed by atoms with van der Waals surface area (Å²) in [6, 6.07) is 10.7. The first-order valence-corrected chi connectivity index (χ1v) is 8.14. The van der Waals surface area contributed by atoms with E-state index in [1.165, 1.54) is 5.56 Å². The van der Waals surface area contributed by atoms with Gasteiger partial charge in [0.25, 0.3) is 0 Å². The van der Waals surface area contributed by atoms with Gasteiger partial charge in [0.05, 0.1) is 9.16 Å². The van der Waals surface area contributed by atoms with Crippen LogP contribution in [0.5, 0.6) is 0 Å². The normalized spacial score (nSPS) is 12.9. The molecule has 0 N–H and O–H groups in total. The van der Waals surface area contributed by atoms with Gasteiger partial charge in [0, 0.05) is 0 Å². The average Bonchev–Trinajstić information content (AvgIpc) is 2.75. The number of halogens is 2. The molecule has 0 radical (unpaired) electrons. The summed E-state index contributed by atoms with van der Waals surface area (Å²) in [5, 5.41) is 2.05. The maximum Gasteiger partial charge on any atom is 0.0843 e. The molecule has 96 valence electrons. The van der Waals surface area contributed by atoms with E-state index in [0.717, 1.165) is 21.3 Å². The first-order chi connectivity index (χ1) is 8.56. The summed E-state index contributed by atoms with van der Waals surface area (Å²) < 4.78 is 1.12. The van der Waals surface area contributed by atoms with E-state index in [4.69, 9.17) is 11.6 Å². The highest BCUT2D eigenvalue weighted by molar-refractivity contribution is 9.11. The quantitative estimate of drug-likeness (QED) is 0.594. The Morgan fingerprint density at radius 2 is 1.83 bits per heavy atom. The molecule has 1 heterocycles. The molecule has 3 heteroatoms. The first kappa shape index (κ1) is 14.1. The van der Waals surface area contributed by atoms with E-state index in [-0.39, 0.29) is 5.38 Å². The van der Waals surface area contributed by atoms with E-state index in [0.29, 0.717) is 5.92 Å². The van der Waals surface area contributed by atoms with Crippen LogP contribution in [0.3, 0.4) is 0 Å². The van der Waals surface area contributed by atoms with Gasteiger partial charge >= 0.3 is 0 Å². The molecule has 0 aliphatic carbocycles. The second-order valence-electron chi connectivity index (χ2n) is 4.89. The number of benzene rings is 1. The van der Waals surface area contributed by atoms with Crippen molar-refractivity contribution < 1.29 is 0 Å². The molecular weight excluding hydrogens is 328 g/mol. The Morgan fingerprint density at radius 3 is 2.33 bits per heavy atom. The third-order valence-electron chi connectivity index (χ3n) is 2.80. The predicted molar refractivity (Wildman–Crippen MR) is 84.7 cm³/mol. The predicted octanol–water partition coefficient (Wildman–Crippen LogP) is 6.04. The monoisotopic (exact) mass is 342 g/mol. The number of thiophene rings is 1. The summed E-state index contributed by atoms with van der Waals surface area (Å²) in [5.41, 5.74) is 3.70. The van der Waals surface area contributed by atoms with E-state index < -0.39 is 0 Å². The van der Waals surface area contributed by atoms with E-state index >= 15 is 0 Å². The maximum absolute atomic E-state index is 6.49. The molecular formula is C15H16BrClS. The summed E-state index contributed by atoms with van der Waals surface area (Å²) >= 11 is 11.6. The van der Waals surface area contributed by atoms with Gasteiger partial charge in [-0.25, -0.2) is 0 Å². The lowest BCUT2D eigenvalue weighted by Gasteiger charge is -2.10. The largest absolute Gasteiger partial charge is 0.136 e. The van der Waals surface area contributed by atoms with Crippen LogP contribution < -0.4 is 0 Å². The van der Waals surface area contributed by atoms with Crippen molar-refractivity contribution in [2.24, 2.45) is 5.92 Å². The summed E-state index contributed by atoms with van der Waals surface area (Å²) in [7, 11) is 0. The van der Waals surface area contributed by atoms with Crippen molar-refractivity contribution in [1.82, 2.24) is 0 Å². The maximum atomic E-state index is 6.49. The minimum Gasteiger partial charge on any atom is -0.136 e. The summed E-state index contributed by atoms with van der Waals surface area (Å²) in [6.07, 6.45) is 1.12. The highest BCUT2D eigenvalue weighted by Gasteiger charge is 2.12. The van der Waals surface area contributed by atoms with Crippen LogP contribution in [-0.2, 0) is 6.42 Å². The van der Waals surface area contributed by atoms with E-state index in [9.17, 15) is 0 Å². The van der Waals surface area contributed by atoms with Crippen molar-refractivity contribution in [3.05, 3.63) is 56.2 Å². The topological polar surface area (TPSA) is 0 Å². The fourth-order valence-corrected chi connectivity index (χ4v) is 3.49. The number of hydrogen-bond donors (Lipinski definition) is 0. The average molecular weight is 344 g/mol. The van der Waals surface area contributed by atoms with Gasteiger partial charge in [0.2, 0.25) is 0 Å². The molecule has 1 atom stereocenters. The van der Waals surface area contributed by atoms with Gasteiger partial charge in [-0.3, -0.25) is 0 Å². The lowest BCUT2D eigenvalue weighted by atomic mass is 10.00. The summed E-state index contributed by atoms with van der Waals surface area (Å²) in [4.78, 5) is 0. The van der Waals surface area contributed by atoms with Gasteiger partial charge in [0.15, 0.2) is 0 Å². The Kier molecular flexibility index (Phi) is 4.88. The molecule has 0 amide bonds. The van der Waals surface area contributed by atoms with E-state index in [2.05, 4.69) is 65.5 Å². The van der Waals surface area contributed by atoms with Crippen molar-refractivity contribution in [3.63, 3.8) is 0 Å². The summed E-state index contributed by atoms with van der Waals surface area (Å²) in [5.74, 6) is 0.690. The van der Waals surface area contributed by atoms with Gasteiger partial charge in [-0.15, -0.1) is 22.9 Å². The Hall–Kier alpha value is -0.310. The van der Waals surface area contributed by atoms with Gasteiger partial charge in [0.1, 0.15) is 0 Å². The van der Waals surface area contributed by atoms with E-state index in [1.54, 1.807) is 11.3 Å². The smallest absolute Gasteiger partial charge is 0.0843 e. The molecule has 1 aromatic carbocycles. The van der Waals surface area contributed by atoms with Crippen LogP contribution in [0.1, 0.15) is 35.9 Å². The van der Waals surface area contributed by atoms with Crippen LogP contribution in [0, 0.1) is 5.92 Å². The number of hydrogen-bond acceptors (Lipinski definition) is 1. The standard InChI is InChI=1S/C15H16BrClS/c1-10(2)7-11-3-5-12(6-4-11)15(17)13-8-14(16)18-9-13/h3-6,8-10,15H,7H2,1-2H3. The molecule has 2 rings (SSSR count). The molecule has 0 saturated heterocycles. The van der Waals surface area contributed by atoms with Crippen LogP contribution in [0.4, 0.5) is 0 Å². The minimum absolute atomic E-state index is 0.0550. The molecule has 18 heavy (non-hydrogen) atoms. The molecule has 1 unspecified atom stereocenters. The minimum atomic E-state index is -0.0550. The van der Waals surface area contributed by atoms with Crippen molar-refractivity contribution in [2.45, 2.75) is 25.6 Å². The zero-order valence-corrected chi connectivity index (χ0v) is 13.6. The lowest BCUT2D eigenvalue weighted by Crippen LogP contribution is -1.96. The van der Waals surface area contributed by atoms with Crippen LogP contribution in [-0.4, -0.2) is 0 Å². The third-order valence-corrected chi connectivity index (χ3v) is 4.82. The Morgan fingerprint density at radius 1 is 1.17 bits per heavy atom. The van der Waals surface area contributed by atoms with Gasteiger partial charge in [-0.2, -0.15) is 0 Å². The third kappa shape index (κ3) is 3.59. The lowest BCUT2D eigenvalue weighted by molar-refractivity contribution is 0.647. The van der Waals surface area contributed by atoms with E-state index in [1.807, 2.05) is 0 Å². The van der Waals surface area contributed by atoms with Crippen LogP contribution >= 0.6 is 38.9 Å². The van der Waals surface area contributed by atoms with Gasteiger partial charge < -0.3 is 0 Å². The molecule has 0 spiro atoms. The van der Waals surface area contributed by atoms with Gasteiger partial charge in [-0.05, 0) is 56.4 Å². The van der Waals surface area contributed by atoms with Crippen LogP contribution in [0.15, 0.2) is 39.5 Å². The Labute approximate surface area is 126 Å². The molecule has 2 aromatic rings. The highest BCUT2D eigenvalue weighted by Crippen LogP contribution is 2.33. The first-order valence-electron chi connectivity index (χ1n) is 6.03.